The van der Waals surface area contributed by atoms with Gasteiger partial charge in [-0.3, -0.25) is 0 Å². The molecule has 0 saturated heterocycles. The van der Waals surface area contributed by atoms with Gasteiger partial charge in [0.05, 0.1) is 0 Å². The van der Waals surface area contributed by atoms with E-state index in [1.165, 1.54) is 26.5 Å². The van der Waals surface area contributed by atoms with E-state index in [0.29, 0.717) is 6.04 Å². The lowest BCUT2D eigenvalue weighted by Crippen LogP contribution is -2.33. The van der Waals surface area contributed by atoms with Gasteiger partial charge in [0.2, 0.25) is 0 Å². The van der Waals surface area contributed by atoms with Gasteiger partial charge < -0.3 is 5.32 Å². The highest BCUT2D eigenvalue weighted by molar-refractivity contribution is 7.99. The highest BCUT2D eigenvalue weighted by Crippen LogP contribution is 2.41. The van der Waals surface area contributed by atoms with Crippen molar-refractivity contribution in [2.24, 2.45) is 0 Å². The fraction of sp³-hybridized carbons (Fsp3) is 0.217. The van der Waals surface area contributed by atoms with Crippen molar-refractivity contribution in [3.8, 4) is 0 Å². The molecular weight excluding hydrogens is 358 g/mol. The van der Waals surface area contributed by atoms with Gasteiger partial charge in [-0.2, -0.15) is 0 Å². The number of hydrogen-bond acceptors (Lipinski definition) is 2. The summed E-state index contributed by atoms with van der Waals surface area (Å²) in [6, 6.07) is 26.4. The summed E-state index contributed by atoms with van der Waals surface area (Å²) in [5.74, 6) is 0. The molecule has 0 bridgehead atoms. The maximum atomic E-state index is 6.27. The first-order chi connectivity index (χ1) is 12.7. The van der Waals surface area contributed by atoms with Crippen molar-refractivity contribution < 1.29 is 0 Å². The Hall–Kier alpha value is -1.74. The van der Waals surface area contributed by atoms with E-state index >= 15 is 0 Å². The predicted octanol–water partition coefficient (Wildman–Crippen LogP) is 6.31. The first-order valence-electron chi connectivity index (χ1n) is 9.04. The fourth-order valence-electron chi connectivity index (χ4n) is 3.64. The van der Waals surface area contributed by atoms with Crippen LogP contribution in [0.2, 0.25) is 5.02 Å². The molecule has 1 aliphatic rings. The summed E-state index contributed by atoms with van der Waals surface area (Å²) >= 11 is 8.12. The molecule has 0 aromatic heterocycles. The van der Waals surface area contributed by atoms with Gasteiger partial charge in [-0.25, -0.2) is 0 Å². The van der Waals surface area contributed by atoms with Crippen LogP contribution in [0.3, 0.4) is 0 Å². The summed E-state index contributed by atoms with van der Waals surface area (Å²) in [6.07, 6.45) is 1.98. The van der Waals surface area contributed by atoms with Gasteiger partial charge in [0.25, 0.3) is 0 Å². The number of nitrogens with one attached hydrogen (secondary N) is 1. The van der Waals surface area contributed by atoms with E-state index in [0.717, 1.165) is 17.9 Å². The van der Waals surface area contributed by atoms with Crippen LogP contribution in [0, 0.1) is 0 Å². The lowest BCUT2D eigenvalue weighted by molar-refractivity contribution is 0.446. The van der Waals surface area contributed by atoms with Crippen LogP contribution in [-0.2, 0) is 12.8 Å². The van der Waals surface area contributed by atoms with Crippen molar-refractivity contribution in [2.45, 2.75) is 41.6 Å². The Morgan fingerprint density at radius 1 is 1.00 bits per heavy atom. The van der Waals surface area contributed by atoms with E-state index in [1.807, 2.05) is 17.8 Å². The summed E-state index contributed by atoms with van der Waals surface area (Å²) < 4.78 is 0. The number of halogens is 1. The van der Waals surface area contributed by atoms with E-state index in [9.17, 15) is 0 Å². The monoisotopic (exact) mass is 379 g/mol. The third kappa shape index (κ3) is 3.98. The Kier molecular flexibility index (Phi) is 5.35. The molecule has 3 heteroatoms. The van der Waals surface area contributed by atoms with Gasteiger partial charge in [-0.15, -0.1) is 0 Å². The zero-order chi connectivity index (χ0) is 17.9. The molecule has 2 unspecified atom stereocenters. The SMILES string of the molecule is CC(Cc1ccccc1)NC1Cc2cc(Cl)ccc2Sc2ccccc21. The third-order valence-corrected chi connectivity index (χ3v) is 6.28. The Labute approximate surface area is 164 Å². The van der Waals surface area contributed by atoms with Crippen LogP contribution in [0.4, 0.5) is 0 Å². The summed E-state index contributed by atoms with van der Waals surface area (Å²) in [6.45, 7) is 2.27. The van der Waals surface area contributed by atoms with Gasteiger partial charge in [-0.1, -0.05) is 71.9 Å². The molecule has 0 aliphatic carbocycles. The van der Waals surface area contributed by atoms with Crippen molar-refractivity contribution >= 4 is 23.4 Å². The maximum Gasteiger partial charge on any atom is 0.0409 e. The molecule has 4 rings (SSSR count). The fourth-order valence-corrected chi connectivity index (χ4v) is 4.95. The standard InChI is InChI=1S/C23H22ClNS/c1-16(13-17-7-3-2-4-8-17)25-21-15-18-14-19(24)11-12-22(18)26-23-10-6-5-9-20(21)23/h2-12,14,16,21,25H,13,15H2,1H3. The smallest absolute Gasteiger partial charge is 0.0409 e. The van der Waals surface area contributed by atoms with Crippen LogP contribution in [0.15, 0.2) is 82.6 Å². The van der Waals surface area contributed by atoms with Crippen molar-refractivity contribution in [2.75, 3.05) is 0 Å². The minimum absolute atomic E-state index is 0.289. The molecule has 0 spiro atoms. The van der Waals surface area contributed by atoms with Gasteiger partial charge in [0.15, 0.2) is 0 Å². The molecule has 3 aromatic carbocycles. The number of fused-ring (bicyclic) bond motifs is 2. The molecule has 132 valence electrons. The molecule has 0 amide bonds. The normalized spacial score (nSPS) is 17.1. The summed E-state index contributed by atoms with van der Waals surface area (Å²) in [5.41, 5.74) is 4.07. The van der Waals surface area contributed by atoms with Crippen molar-refractivity contribution in [3.05, 3.63) is 94.5 Å². The van der Waals surface area contributed by atoms with Gasteiger partial charge in [-0.05, 0) is 60.7 Å². The molecule has 3 aromatic rings. The minimum atomic E-state index is 0.289. The van der Waals surface area contributed by atoms with Crippen LogP contribution < -0.4 is 5.32 Å². The Morgan fingerprint density at radius 2 is 1.77 bits per heavy atom. The molecule has 1 nitrogen and oxygen atoms in total. The number of benzene rings is 3. The molecule has 1 heterocycles. The molecule has 0 fully saturated rings. The van der Waals surface area contributed by atoms with Crippen LogP contribution in [0.1, 0.15) is 29.7 Å². The summed E-state index contributed by atoms with van der Waals surface area (Å²) in [4.78, 5) is 2.64. The first-order valence-corrected chi connectivity index (χ1v) is 10.2. The van der Waals surface area contributed by atoms with Crippen molar-refractivity contribution in [1.82, 2.24) is 5.32 Å². The molecule has 1 aliphatic heterocycles. The maximum absolute atomic E-state index is 6.27. The number of rotatable bonds is 4. The van der Waals surface area contributed by atoms with Gasteiger partial charge >= 0.3 is 0 Å². The van der Waals surface area contributed by atoms with Crippen LogP contribution >= 0.6 is 23.4 Å². The quantitative estimate of drug-likeness (QED) is 0.570. The zero-order valence-corrected chi connectivity index (χ0v) is 16.4. The average molecular weight is 380 g/mol. The van der Waals surface area contributed by atoms with E-state index in [-0.39, 0.29) is 6.04 Å². The molecule has 26 heavy (non-hydrogen) atoms. The van der Waals surface area contributed by atoms with E-state index in [4.69, 9.17) is 11.6 Å². The first kappa shape index (κ1) is 17.7. The highest BCUT2D eigenvalue weighted by atomic mass is 35.5. The second-order valence-corrected chi connectivity index (χ2v) is 8.43. The minimum Gasteiger partial charge on any atom is -0.307 e. The second-order valence-electron chi connectivity index (χ2n) is 6.91. The zero-order valence-electron chi connectivity index (χ0n) is 14.8. The van der Waals surface area contributed by atoms with E-state index in [1.54, 1.807) is 0 Å². The van der Waals surface area contributed by atoms with Crippen LogP contribution in [0.5, 0.6) is 0 Å². The van der Waals surface area contributed by atoms with Gasteiger partial charge in [0, 0.05) is 26.9 Å². The van der Waals surface area contributed by atoms with Crippen LogP contribution in [0.25, 0.3) is 0 Å². The van der Waals surface area contributed by atoms with Gasteiger partial charge in [0.1, 0.15) is 0 Å². The molecular formula is C23H22ClNS. The Morgan fingerprint density at radius 3 is 2.62 bits per heavy atom. The van der Waals surface area contributed by atoms with Crippen molar-refractivity contribution in [3.63, 3.8) is 0 Å². The highest BCUT2D eigenvalue weighted by Gasteiger charge is 2.23. The van der Waals surface area contributed by atoms with Crippen molar-refractivity contribution in [1.29, 1.82) is 0 Å². The van der Waals surface area contributed by atoms with E-state index < -0.39 is 0 Å². The largest absolute Gasteiger partial charge is 0.307 e. The Balaban J connectivity index is 1.61. The molecule has 1 N–H and O–H groups in total. The Bertz CT molecular complexity index is 894. The lowest BCUT2D eigenvalue weighted by Gasteiger charge is -2.24. The predicted molar refractivity (Wildman–Crippen MR) is 111 cm³/mol. The average Bonchev–Trinajstić information content (AvgIpc) is 2.79. The third-order valence-electron chi connectivity index (χ3n) is 4.83. The van der Waals surface area contributed by atoms with Crippen LogP contribution in [-0.4, -0.2) is 6.04 Å². The molecule has 0 radical (unpaired) electrons. The number of hydrogen-bond donors (Lipinski definition) is 1. The topological polar surface area (TPSA) is 12.0 Å². The molecule has 2 atom stereocenters. The summed E-state index contributed by atoms with van der Waals surface area (Å²) in [5, 5.41) is 4.68. The summed E-state index contributed by atoms with van der Waals surface area (Å²) in [7, 11) is 0. The lowest BCUT2D eigenvalue weighted by atomic mass is 9.97. The molecule has 0 saturated carbocycles. The second kappa shape index (κ2) is 7.87. The van der Waals surface area contributed by atoms with E-state index in [2.05, 4.69) is 79.0 Å².